The lowest BCUT2D eigenvalue weighted by Crippen LogP contribution is -2.62. The van der Waals surface area contributed by atoms with Crippen LogP contribution in [-0.2, 0) is 42.7 Å². The number of piperidine rings is 1. The lowest BCUT2D eigenvalue weighted by Gasteiger charge is -2.53. The van der Waals surface area contributed by atoms with E-state index in [1.165, 1.54) is 0 Å². The van der Waals surface area contributed by atoms with E-state index in [0.717, 1.165) is 37.8 Å². The highest BCUT2D eigenvalue weighted by Crippen LogP contribution is 2.56. The van der Waals surface area contributed by atoms with Crippen molar-refractivity contribution in [3.8, 4) is 0 Å². The zero-order valence-corrected chi connectivity index (χ0v) is 36.6. The van der Waals surface area contributed by atoms with E-state index in [-0.39, 0.29) is 60.8 Å². The standard InChI is InChI=1S/C47H71NO12/c1-26-18-36-41-38(24-45(58-41)30(5)17-27(2)25-48-45)56-44(22-26,55-36)23-29(4)40-28(3)19-32(7)47(52,59-40)42(51)37-21-35-34(53-37)20-31(6)46(57-35)16-15-43(60-46)14-10-12-33(54-43)11-8-9-13-39(49)50/h8,10-12,26-28,30-38,40-42,48,51-52H,4,9,13-25H2,1-3,5-7H3,(H,49,50)/b11-8+/t26-,27+,28?,30-,31+,32+,33+,34+,35+,36-,37-,38+,40-,41+,42+,43-,44+,45-,46+,47+/m0/s1. The van der Waals surface area contributed by atoms with Crippen LogP contribution in [0.2, 0.25) is 0 Å². The van der Waals surface area contributed by atoms with Gasteiger partial charge in [0.1, 0.15) is 17.9 Å². The Kier molecular flexibility index (Phi) is 11.6. The third-order valence-electron chi connectivity index (χ3n) is 15.9. The third-order valence-corrected chi connectivity index (χ3v) is 15.9. The Balaban J connectivity index is 0.845. The molecule has 9 aliphatic rings. The molecule has 0 radical (unpaired) electrons. The first-order valence-corrected chi connectivity index (χ1v) is 23.2. The van der Waals surface area contributed by atoms with E-state index in [2.05, 4.69) is 52.6 Å². The summed E-state index contributed by atoms with van der Waals surface area (Å²) in [5.74, 6) is -4.29. The Morgan fingerprint density at radius 3 is 2.45 bits per heavy atom. The van der Waals surface area contributed by atoms with Gasteiger partial charge in [-0.05, 0) is 61.3 Å². The van der Waals surface area contributed by atoms with Crippen molar-refractivity contribution in [3.63, 3.8) is 0 Å². The quantitative estimate of drug-likeness (QED) is 0.193. The maximum atomic E-state index is 12.4. The topological polar surface area (TPSA) is 164 Å². The van der Waals surface area contributed by atoms with Crippen molar-refractivity contribution in [2.75, 3.05) is 6.54 Å². The summed E-state index contributed by atoms with van der Waals surface area (Å²) in [5.41, 5.74) is 0.391. The first kappa shape index (κ1) is 43.5. The summed E-state index contributed by atoms with van der Waals surface area (Å²) in [6, 6.07) is 0. The fourth-order valence-electron chi connectivity index (χ4n) is 12.9. The van der Waals surface area contributed by atoms with Gasteiger partial charge in [-0.25, -0.2) is 0 Å². The molecule has 13 heteroatoms. The molecule has 4 N–H and O–H groups in total. The number of hydrogen-bond acceptors (Lipinski definition) is 12. The van der Waals surface area contributed by atoms with Crippen molar-refractivity contribution in [3.05, 3.63) is 36.5 Å². The summed E-state index contributed by atoms with van der Waals surface area (Å²) in [6.45, 7) is 18.5. The van der Waals surface area contributed by atoms with E-state index >= 15 is 0 Å². The number of rotatable bonds is 9. The summed E-state index contributed by atoms with van der Waals surface area (Å²) in [4.78, 5) is 11.0. The molecule has 9 heterocycles. The highest BCUT2D eigenvalue weighted by molar-refractivity contribution is 5.66. The zero-order valence-electron chi connectivity index (χ0n) is 36.6. The molecule has 9 aliphatic heterocycles. The fourth-order valence-corrected chi connectivity index (χ4v) is 12.9. The molecule has 9 rings (SSSR count). The molecule has 8 fully saturated rings. The zero-order chi connectivity index (χ0) is 42.4. The summed E-state index contributed by atoms with van der Waals surface area (Å²) in [7, 11) is 0. The molecular weight excluding hydrogens is 771 g/mol. The molecule has 2 bridgehead atoms. The smallest absolute Gasteiger partial charge is 0.303 e. The van der Waals surface area contributed by atoms with Crippen molar-refractivity contribution in [2.24, 2.45) is 35.5 Å². The van der Waals surface area contributed by atoms with E-state index in [1.54, 1.807) is 0 Å². The molecular formula is C47H71NO12. The summed E-state index contributed by atoms with van der Waals surface area (Å²) < 4.78 is 54.2. The van der Waals surface area contributed by atoms with Gasteiger partial charge < -0.3 is 53.2 Å². The maximum Gasteiger partial charge on any atom is 0.303 e. The number of hydrogen-bond donors (Lipinski definition) is 4. The van der Waals surface area contributed by atoms with Gasteiger partial charge in [-0.15, -0.1) is 0 Å². The number of ether oxygens (including phenoxy) is 8. The Morgan fingerprint density at radius 1 is 0.867 bits per heavy atom. The molecule has 0 aliphatic carbocycles. The van der Waals surface area contributed by atoms with E-state index in [0.29, 0.717) is 69.1 Å². The molecule has 60 heavy (non-hydrogen) atoms. The molecule has 0 saturated carbocycles. The van der Waals surface area contributed by atoms with Crippen LogP contribution >= 0.6 is 0 Å². The van der Waals surface area contributed by atoms with Crippen LogP contribution in [0.25, 0.3) is 0 Å². The van der Waals surface area contributed by atoms with Crippen LogP contribution in [0, 0.1) is 35.5 Å². The second-order valence-electron chi connectivity index (χ2n) is 20.9. The van der Waals surface area contributed by atoms with Gasteiger partial charge in [-0.1, -0.05) is 72.4 Å². The Bertz CT molecular complexity index is 1690. The van der Waals surface area contributed by atoms with Gasteiger partial charge >= 0.3 is 5.97 Å². The van der Waals surface area contributed by atoms with Gasteiger partial charge in [0, 0.05) is 69.7 Å². The average molecular weight is 842 g/mol. The number of aliphatic carboxylic acids is 1. The predicted molar refractivity (Wildman–Crippen MR) is 219 cm³/mol. The van der Waals surface area contributed by atoms with Gasteiger partial charge in [0.15, 0.2) is 23.1 Å². The average Bonchev–Trinajstić information content (AvgIpc) is 3.87. The van der Waals surface area contributed by atoms with Crippen LogP contribution in [0.5, 0.6) is 0 Å². The third kappa shape index (κ3) is 7.81. The minimum atomic E-state index is -1.88. The van der Waals surface area contributed by atoms with Gasteiger partial charge in [-0.3, -0.25) is 10.1 Å². The van der Waals surface area contributed by atoms with E-state index in [1.807, 2.05) is 25.2 Å². The largest absolute Gasteiger partial charge is 0.481 e. The number of carboxylic acids is 1. The number of allylic oxidation sites excluding steroid dienone is 1. The Hall–Kier alpha value is -1.75. The van der Waals surface area contributed by atoms with Gasteiger partial charge in [0.2, 0.25) is 0 Å². The van der Waals surface area contributed by atoms with Crippen LogP contribution in [0.4, 0.5) is 0 Å². The predicted octanol–water partition coefficient (Wildman–Crippen LogP) is 6.26. The first-order valence-electron chi connectivity index (χ1n) is 23.2. The molecule has 1 unspecified atom stereocenters. The number of aliphatic hydroxyl groups excluding tert-OH is 1. The lowest BCUT2D eigenvalue weighted by molar-refractivity contribution is -0.367. The molecule has 0 aromatic rings. The molecule has 20 atom stereocenters. The van der Waals surface area contributed by atoms with Gasteiger partial charge in [0.05, 0.1) is 42.7 Å². The number of fused-ring (bicyclic) bond motifs is 5. The first-order chi connectivity index (χ1) is 28.4. The van der Waals surface area contributed by atoms with Crippen LogP contribution in [0.1, 0.15) is 125 Å². The molecule has 0 aromatic carbocycles. The maximum absolute atomic E-state index is 12.4. The van der Waals surface area contributed by atoms with Crippen LogP contribution in [0.15, 0.2) is 36.5 Å². The van der Waals surface area contributed by atoms with Crippen molar-refractivity contribution in [1.82, 2.24) is 5.32 Å². The van der Waals surface area contributed by atoms with E-state index < -0.39 is 53.2 Å². The van der Waals surface area contributed by atoms with E-state index in [9.17, 15) is 15.0 Å². The number of carbonyl (C=O) groups is 1. The van der Waals surface area contributed by atoms with Crippen molar-refractivity contribution >= 4 is 5.97 Å². The molecule has 336 valence electrons. The highest BCUT2D eigenvalue weighted by Gasteiger charge is 2.64. The lowest BCUT2D eigenvalue weighted by atomic mass is 9.76. The van der Waals surface area contributed by atoms with Gasteiger partial charge in [0.25, 0.3) is 0 Å². The van der Waals surface area contributed by atoms with Crippen molar-refractivity contribution < 1.29 is 58.0 Å². The van der Waals surface area contributed by atoms with Gasteiger partial charge in [-0.2, -0.15) is 0 Å². The Labute approximate surface area is 355 Å². The Morgan fingerprint density at radius 2 is 1.67 bits per heavy atom. The van der Waals surface area contributed by atoms with Crippen molar-refractivity contribution in [1.29, 1.82) is 0 Å². The molecule has 0 aromatic heterocycles. The summed E-state index contributed by atoms with van der Waals surface area (Å²) in [6.07, 6.45) is 12.1. The molecule has 3 spiro atoms. The monoisotopic (exact) mass is 841 g/mol. The second kappa shape index (κ2) is 16.0. The minimum absolute atomic E-state index is 0.0112. The second-order valence-corrected chi connectivity index (χ2v) is 20.9. The highest BCUT2D eigenvalue weighted by atomic mass is 16.8. The minimum Gasteiger partial charge on any atom is -0.481 e. The van der Waals surface area contributed by atoms with Crippen molar-refractivity contribution in [2.45, 2.75) is 209 Å². The SMILES string of the molecule is C=C(C[C@]12C[C@@H](C)C[C@H](O1)[C@H]1O[C@]3(C[C@H]1O2)NC[C@H](C)C[C@@H]3C)[C@H]1O[C@@](O)([C@H](O)[C@@H]2C[C@H]3O[C@@]4(CC[C@]5(CC=C[C@@H](/C=C/CCC(=O)O)O5)O4)[C@H](C)C[C@H]3O2)[C@H](C)CC1C. The summed E-state index contributed by atoms with van der Waals surface area (Å²) in [5, 5.41) is 37.3. The van der Waals surface area contributed by atoms with Crippen LogP contribution < -0.4 is 5.32 Å². The molecule has 8 saturated heterocycles. The normalized spacial score (nSPS) is 52.9. The van der Waals surface area contributed by atoms with Crippen LogP contribution in [-0.4, -0.2) is 112 Å². The van der Waals surface area contributed by atoms with Crippen LogP contribution in [0.3, 0.4) is 0 Å². The molecule has 13 nitrogen and oxygen atoms in total. The van der Waals surface area contributed by atoms with E-state index in [4.69, 9.17) is 43.0 Å². The number of nitrogens with one attached hydrogen (secondary N) is 1. The number of carboxylic acid groups (broad SMARTS) is 1. The molecule has 0 amide bonds. The number of aliphatic hydroxyl groups is 2. The summed E-state index contributed by atoms with van der Waals surface area (Å²) >= 11 is 0. The fraction of sp³-hybridized carbons (Fsp3) is 0.851.